The van der Waals surface area contributed by atoms with E-state index in [1.165, 1.54) is 11.3 Å². The number of anilines is 1. The van der Waals surface area contributed by atoms with Gasteiger partial charge in [0.25, 0.3) is 5.91 Å². The number of rotatable bonds is 5. The van der Waals surface area contributed by atoms with E-state index < -0.39 is 0 Å². The summed E-state index contributed by atoms with van der Waals surface area (Å²) in [5, 5.41) is 8.59. The third-order valence-corrected chi connectivity index (χ3v) is 5.97. The summed E-state index contributed by atoms with van der Waals surface area (Å²) in [5.41, 5.74) is 2.59. The summed E-state index contributed by atoms with van der Waals surface area (Å²) in [6.07, 6.45) is 0. The number of nitrogens with one attached hydrogen (secondary N) is 1. The first-order chi connectivity index (χ1) is 15.2. The number of nitrogens with zero attached hydrogens (tertiary/aromatic N) is 2. The highest BCUT2D eigenvalue weighted by atomic mass is 32.1. The van der Waals surface area contributed by atoms with Crippen LogP contribution in [-0.4, -0.2) is 15.7 Å². The van der Waals surface area contributed by atoms with Crippen LogP contribution in [0.5, 0.6) is 11.5 Å². The SMILES string of the molecule is Cc1nn(-c2ccccc2)c2sc(C(=O)Nc3ccc(Oc4ccccc4)cc3)cc12. The van der Waals surface area contributed by atoms with Gasteiger partial charge in [-0.1, -0.05) is 36.4 Å². The Labute approximate surface area is 183 Å². The number of carbonyl (C=O) groups excluding carboxylic acids is 1. The van der Waals surface area contributed by atoms with Gasteiger partial charge in [-0.3, -0.25) is 4.79 Å². The summed E-state index contributed by atoms with van der Waals surface area (Å²) >= 11 is 1.44. The summed E-state index contributed by atoms with van der Waals surface area (Å²) in [6.45, 7) is 1.96. The first-order valence-corrected chi connectivity index (χ1v) is 10.7. The first kappa shape index (κ1) is 19.1. The third-order valence-electron chi connectivity index (χ3n) is 4.86. The molecule has 0 aliphatic heterocycles. The quantitative estimate of drug-likeness (QED) is 0.352. The van der Waals surface area contributed by atoms with Crippen LogP contribution in [0.4, 0.5) is 5.69 Å². The number of hydrogen-bond acceptors (Lipinski definition) is 4. The van der Waals surface area contributed by atoms with Crippen molar-refractivity contribution in [3.05, 3.63) is 102 Å². The van der Waals surface area contributed by atoms with Gasteiger partial charge in [-0.25, -0.2) is 4.68 Å². The lowest BCUT2D eigenvalue weighted by Crippen LogP contribution is -2.10. The Kier molecular flexibility index (Phi) is 4.98. The summed E-state index contributed by atoms with van der Waals surface area (Å²) < 4.78 is 7.69. The van der Waals surface area contributed by atoms with E-state index in [0.717, 1.165) is 27.3 Å². The number of hydrogen-bond donors (Lipinski definition) is 1. The molecule has 0 bridgehead atoms. The third kappa shape index (κ3) is 3.93. The molecule has 3 aromatic carbocycles. The molecular formula is C25H19N3O2S. The maximum Gasteiger partial charge on any atom is 0.265 e. The first-order valence-electron chi connectivity index (χ1n) is 9.86. The van der Waals surface area contributed by atoms with Crippen molar-refractivity contribution < 1.29 is 9.53 Å². The van der Waals surface area contributed by atoms with Crippen molar-refractivity contribution in [1.82, 2.24) is 9.78 Å². The second-order valence-electron chi connectivity index (χ2n) is 7.06. The van der Waals surface area contributed by atoms with Crippen molar-refractivity contribution in [2.24, 2.45) is 0 Å². The van der Waals surface area contributed by atoms with Gasteiger partial charge in [0.2, 0.25) is 0 Å². The van der Waals surface area contributed by atoms with Gasteiger partial charge in [0.1, 0.15) is 16.3 Å². The minimum atomic E-state index is -0.142. The van der Waals surface area contributed by atoms with Crippen LogP contribution in [0.1, 0.15) is 15.4 Å². The fraction of sp³-hybridized carbons (Fsp3) is 0.0400. The van der Waals surface area contributed by atoms with Crippen LogP contribution in [-0.2, 0) is 0 Å². The summed E-state index contributed by atoms with van der Waals surface area (Å²) in [7, 11) is 0. The molecule has 0 aliphatic carbocycles. The van der Waals surface area contributed by atoms with Crippen molar-refractivity contribution in [1.29, 1.82) is 0 Å². The van der Waals surface area contributed by atoms with Crippen LogP contribution in [0.2, 0.25) is 0 Å². The molecule has 1 N–H and O–H groups in total. The van der Waals surface area contributed by atoms with Crippen LogP contribution in [0.3, 0.4) is 0 Å². The van der Waals surface area contributed by atoms with E-state index in [0.29, 0.717) is 16.3 Å². The monoisotopic (exact) mass is 425 g/mol. The van der Waals surface area contributed by atoms with E-state index in [2.05, 4.69) is 10.4 Å². The molecule has 5 nitrogen and oxygen atoms in total. The zero-order valence-electron chi connectivity index (χ0n) is 16.8. The predicted octanol–water partition coefficient (Wildman–Crippen LogP) is 6.44. The molecule has 0 unspecified atom stereocenters. The van der Waals surface area contributed by atoms with Crippen molar-refractivity contribution in [3.8, 4) is 17.2 Å². The van der Waals surface area contributed by atoms with E-state index in [4.69, 9.17) is 4.74 Å². The minimum absolute atomic E-state index is 0.142. The largest absolute Gasteiger partial charge is 0.457 e. The van der Waals surface area contributed by atoms with Gasteiger partial charge in [0.05, 0.1) is 16.3 Å². The molecule has 0 saturated carbocycles. The maximum atomic E-state index is 12.9. The van der Waals surface area contributed by atoms with Crippen molar-refractivity contribution in [3.63, 3.8) is 0 Å². The Bertz CT molecular complexity index is 1340. The fourth-order valence-electron chi connectivity index (χ4n) is 3.33. The normalized spacial score (nSPS) is 10.9. The minimum Gasteiger partial charge on any atom is -0.457 e. The van der Waals surface area contributed by atoms with Crippen molar-refractivity contribution >= 4 is 33.1 Å². The number of fused-ring (bicyclic) bond motifs is 1. The molecule has 0 radical (unpaired) electrons. The van der Waals surface area contributed by atoms with Crippen LogP contribution in [0.25, 0.3) is 15.9 Å². The maximum absolute atomic E-state index is 12.9. The highest BCUT2D eigenvalue weighted by Gasteiger charge is 2.17. The number of benzene rings is 3. The van der Waals surface area contributed by atoms with Crippen LogP contribution < -0.4 is 10.1 Å². The molecule has 0 spiro atoms. The molecule has 6 heteroatoms. The number of carbonyl (C=O) groups is 1. The Morgan fingerprint density at radius 2 is 1.55 bits per heavy atom. The topological polar surface area (TPSA) is 56.2 Å². The molecule has 0 saturated heterocycles. The second kappa shape index (κ2) is 8.08. The van der Waals surface area contributed by atoms with Crippen LogP contribution in [0.15, 0.2) is 91.0 Å². The lowest BCUT2D eigenvalue weighted by molar-refractivity contribution is 0.103. The molecule has 5 aromatic rings. The predicted molar refractivity (Wildman–Crippen MR) is 125 cm³/mol. The molecule has 0 aliphatic rings. The summed E-state index contributed by atoms with van der Waals surface area (Å²) in [6, 6.07) is 28.8. The van der Waals surface area contributed by atoms with Crippen LogP contribution in [0, 0.1) is 6.92 Å². The highest BCUT2D eigenvalue weighted by Crippen LogP contribution is 2.31. The standard InChI is InChI=1S/C25H19N3O2S/c1-17-22-16-23(31-25(22)28(27-17)19-8-4-2-5-9-19)24(29)26-18-12-14-21(15-13-18)30-20-10-6-3-7-11-20/h2-16H,1H3,(H,26,29). The van der Waals surface area contributed by atoms with Crippen molar-refractivity contribution in [2.75, 3.05) is 5.32 Å². The number of ether oxygens (including phenoxy) is 1. The number of aromatic nitrogens is 2. The Hall–Kier alpha value is -3.90. The van der Waals surface area contributed by atoms with E-state index >= 15 is 0 Å². The van der Waals surface area contributed by atoms with Gasteiger partial charge < -0.3 is 10.1 Å². The molecule has 0 atom stereocenters. The zero-order chi connectivity index (χ0) is 21.2. The highest BCUT2D eigenvalue weighted by molar-refractivity contribution is 7.20. The molecule has 152 valence electrons. The van der Waals surface area contributed by atoms with E-state index in [1.54, 1.807) is 0 Å². The lowest BCUT2D eigenvalue weighted by atomic mass is 10.2. The van der Waals surface area contributed by atoms with Gasteiger partial charge in [-0.05, 0) is 61.5 Å². The fourth-order valence-corrected chi connectivity index (χ4v) is 4.41. The number of para-hydroxylation sites is 2. The summed E-state index contributed by atoms with van der Waals surface area (Å²) in [5.74, 6) is 1.34. The van der Waals surface area contributed by atoms with Gasteiger partial charge in [-0.2, -0.15) is 5.10 Å². The molecular weight excluding hydrogens is 406 g/mol. The number of aryl methyl sites for hydroxylation is 1. The molecule has 2 aromatic heterocycles. The smallest absolute Gasteiger partial charge is 0.265 e. The summed E-state index contributed by atoms with van der Waals surface area (Å²) in [4.78, 5) is 14.5. The zero-order valence-corrected chi connectivity index (χ0v) is 17.6. The number of amides is 1. The molecule has 2 heterocycles. The van der Waals surface area contributed by atoms with E-state index in [9.17, 15) is 4.79 Å². The Morgan fingerprint density at radius 3 is 2.26 bits per heavy atom. The molecule has 5 rings (SSSR count). The van der Waals surface area contributed by atoms with Crippen molar-refractivity contribution in [2.45, 2.75) is 6.92 Å². The lowest BCUT2D eigenvalue weighted by Gasteiger charge is -2.07. The molecule has 31 heavy (non-hydrogen) atoms. The van der Waals surface area contributed by atoms with Gasteiger partial charge in [-0.15, -0.1) is 11.3 Å². The van der Waals surface area contributed by atoms with E-state index in [-0.39, 0.29) is 5.91 Å². The van der Waals surface area contributed by atoms with Crippen LogP contribution >= 0.6 is 11.3 Å². The second-order valence-corrected chi connectivity index (χ2v) is 8.09. The average Bonchev–Trinajstić information content (AvgIpc) is 3.37. The van der Waals surface area contributed by atoms with Gasteiger partial charge >= 0.3 is 0 Å². The Morgan fingerprint density at radius 1 is 0.903 bits per heavy atom. The average molecular weight is 426 g/mol. The molecule has 0 fully saturated rings. The molecule has 1 amide bonds. The Balaban J connectivity index is 1.35. The van der Waals surface area contributed by atoms with E-state index in [1.807, 2.05) is 103 Å². The van der Waals surface area contributed by atoms with Gasteiger partial charge in [0, 0.05) is 11.1 Å². The number of thiophene rings is 1. The van der Waals surface area contributed by atoms with Gasteiger partial charge in [0.15, 0.2) is 0 Å².